The standard InChI is InChI=1S/C30H32F5N5OS.C13H28O.C4H6O/c1-7-15(4)8-11-21(14(2)3)40(5)28-17-12-19(30(33,34)35)23(24(32)25(17)38-29(39-28)41-6)16-9-10-20(31)26-22(16)18(13-36)27(37)42-26;1-5-7-8-9-10-12(3)11-13(6-2)14-4;1-3-4(2)5/h9-10,12,14-15,21H,7-8,11,37H2,1-6H3;12-13H,5-11H2,1-4H3;3H,1H2,2H3. The van der Waals surface area contributed by atoms with Crippen molar-refractivity contribution in [2.75, 3.05) is 31.9 Å². The van der Waals surface area contributed by atoms with Crippen molar-refractivity contribution < 1.29 is 36.2 Å². The molecular weight excluding hydrogens is 810 g/mol. The van der Waals surface area contributed by atoms with E-state index in [4.69, 9.17) is 15.2 Å². The first-order valence-corrected chi connectivity index (χ1v) is 22.0. The molecule has 0 fully saturated rings. The first-order chi connectivity index (χ1) is 28.8. The molecule has 0 amide bonds. The van der Waals surface area contributed by atoms with E-state index in [-0.39, 0.29) is 61.2 Å². The number of alkyl halides is 3. The fourth-order valence-electron chi connectivity index (χ4n) is 7.25. The van der Waals surface area contributed by atoms with Gasteiger partial charge in [0.25, 0.3) is 0 Å². The molecule has 0 bridgehead atoms. The number of nitrogens with zero attached hydrogens (tertiary/aromatic N) is 4. The highest BCUT2D eigenvalue weighted by Crippen LogP contribution is 2.48. The lowest BCUT2D eigenvalue weighted by molar-refractivity contribution is -0.137. The predicted octanol–water partition coefficient (Wildman–Crippen LogP) is 13.7. The second kappa shape index (κ2) is 24.9. The van der Waals surface area contributed by atoms with Gasteiger partial charge in [-0.3, -0.25) is 4.79 Å². The van der Waals surface area contributed by atoms with Crippen LogP contribution in [0.1, 0.15) is 131 Å². The van der Waals surface area contributed by atoms with Crippen LogP contribution in [0.25, 0.3) is 32.1 Å². The number of ketones is 1. The summed E-state index contributed by atoms with van der Waals surface area (Å²) in [6.45, 7) is 19.8. The molecular formula is C47H66F5N5O3S. The molecule has 4 atom stereocenters. The molecule has 0 aliphatic carbocycles. The average Bonchev–Trinajstić information content (AvgIpc) is 3.57. The first kappa shape index (κ1) is 52.8. The zero-order chi connectivity index (χ0) is 46.2. The average molecular weight is 876 g/mol. The Balaban J connectivity index is 0.000000561. The van der Waals surface area contributed by atoms with Crippen LogP contribution in [0.5, 0.6) is 6.01 Å². The number of methoxy groups -OCH3 is 2. The van der Waals surface area contributed by atoms with Crippen LogP contribution >= 0.6 is 11.3 Å². The molecule has 4 aromatic rings. The summed E-state index contributed by atoms with van der Waals surface area (Å²) >= 11 is 0.712. The number of hydrogen-bond donors (Lipinski definition) is 1. The molecule has 14 heteroatoms. The Morgan fingerprint density at radius 3 is 2.18 bits per heavy atom. The van der Waals surface area contributed by atoms with Crippen molar-refractivity contribution in [3.05, 3.63) is 53.6 Å². The summed E-state index contributed by atoms with van der Waals surface area (Å²) in [6, 6.07) is 4.26. The number of carbonyl (C=O) groups excluding carboxylic acids is 1. The van der Waals surface area contributed by atoms with Gasteiger partial charge >= 0.3 is 12.2 Å². The van der Waals surface area contributed by atoms with Gasteiger partial charge in [0.1, 0.15) is 28.2 Å². The van der Waals surface area contributed by atoms with Crippen molar-refractivity contribution in [3.8, 4) is 23.2 Å². The molecule has 61 heavy (non-hydrogen) atoms. The normalized spacial score (nSPS) is 13.4. The summed E-state index contributed by atoms with van der Waals surface area (Å²) in [5.74, 6) is -0.587. The minimum atomic E-state index is -5.02. The lowest BCUT2D eigenvalue weighted by atomic mass is 9.91. The molecule has 0 saturated carbocycles. The number of nitriles is 1. The van der Waals surface area contributed by atoms with Crippen LogP contribution in [0.2, 0.25) is 0 Å². The third-order valence-corrected chi connectivity index (χ3v) is 12.2. The third-order valence-electron chi connectivity index (χ3n) is 11.1. The third kappa shape index (κ3) is 14.4. The highest BCUT2D eigenvalue weighted by Gasteiger charge is 2.39. The highest BCUT2D eigenvalue weighted by atomic mass is 32.1. The maximum Gasteiger partial charge on any atom is 0.417 e. The maximum atomic E-state index is 16.6. The van der Waals surface area contributed by atoms with Gasteiger partial charge in [0, 0.05) is 36.5 Å². The number of benzene rings is 2. The number of nitrogens with two attached hydrogens (primary N) is 1. The van der Waals surface area contributed by atoms with E-state index < -0.39 is 34.5 Å². The summed E-state index contributed by atoms with van der Waals surface area (Å²) < 4.78 is 85.9. The summed E-state index contributed by atoms with van der Waals surface area (Å²) in [7, 11) is 4.84. The summed E-state index contributed by atoms with van der Waals surface area (Å²) in [5, 5.41) is 9.27. The molecule has 2 heterocycles. The molecule has 2 aromatic heterocycles. The predicted molar refractivity (Wildman–Crippen MR) is 241 cm³/mol. The van der Waals surface area contributed by atoms with Gasteiger partial charge in [0.15, 0.2) is 11.6 Å². The van der Waals surface area contributed by atoms with Crippen LogP contribution in [0, 0.1) is 40.7 Å². The number of nitrogen functional groups attached to an aromatic ring is 1. The van der Waals surface area contributed by atoms with E-state index in [1.165, 1.54) is 58.6 Å². The second-order valence-electron chi connectivity index (χ2n) is 16.1. The van der Waals surface area contributed by atoms with Crippen LogP contribution < -0.4 is 15.4 Å². The second-order valence-corrected chi connectivity index (χ2v) is 17.1. The number of anilines is 2. The Hall–Kier alpha value is -4.35. The van der Waals surface area contributed by atoms with E-state index in [9.17, 15) is 27.6 Å². The molecule has 338 valence electrons. The van der Waals surface area contributed by atoms with Gasteiger partial charge in [-0.2, -0.15) is 28.4 Å². The van der Waals surface area contributed by atoms with Crippen LogP contribution in [-0.4, -0.2) is 49.2 Å². The molecule has 2 N–H and O–H groups in total. The smallest absolute Gasteiger partial charge is 0.417 e. The first-order valence-electron chi connectivity index (χ1n) is 21.2. The number of halogens is 5. The number of rotatable bonds is 19. The Bertz CT molecular complexity index is 2080. The van der Waals surface area contributed by atoms with Gasteiger partial charge in [-0.05, 0) is 74.1 Å². The largest absolute Gasteiger partial charge is 0.467 e. The van der Waals surface area contributed by atoms with Crippen molar-refractivity contribution >= 4 is 48.9 Å². The van der Waals surface area contributed by atoms with Gasteiger partial charge in [-0.1, -0.05) is 99.6 Å². The van der Waals surface area contributed by atoms with Crippen LogP contribution in [0.15, 0.2) is 30.9 Å². The molecule has 0 aliphatic heterocycles. The van der Waals surface area contributed by atoms with E-state index in [0.717, 1.165) is 49.8 Å². The highest BCUT2D eigenvalue weighted by molar-refractivity contribution is 7.23. The minimum absolute atomic E-state index is 0.0185. The molecule has 0 aliphatic rings. The van der Waals surface area contributed by atoms with Crippen molar-refractivity contribution in [2.24, 2.45) is 17.8 Å². The summed E-state index contributed by atoms with van der Waals surface area (Å²) in [5.41, 5.74) is 2.80. The van der Waals surface area contributed by atoms with E-state index in [0.29, 0.717) is 23.4 Å². The van der Waals surface area contributed by atoms with E-state index in [1.54, 1.807) is 11.9 Å². The molecule has 0 saturated heterocycles. The number of aromatic nitrogens is 2. The van der Waals surface area contributed by atoms with Crippen molar-refractivity contribution in [2.45, 2.75) is 138 Å². The molecule has 0 radical (unpaired) electrons. The Kier molecular flexibility index (Phi) is 21.6. The molecule has 0 spiro atoms. The van der Waals surface area contributed by atoms with E-state index in [1.807, 2.05) is 27.0 Å². The Morgan fingerprint density at radius 2 is 1.67 bits per heavy atom. The quantitative estimate of drug-likeness (QED) is 0.0563. The number of carbonyl (C=O) groups is 1. The lowest BCUT2D eigenvalue weighted by Gasteiger charge is -2.34. The number of hydrogen-bond acceptors (Lipinski definition) is 9. The van der Waals surface area contributed by atoms with Gasteiger partial charge < -0.3 is 20.1 Å². The number of unbranched alkanes of at least 4 members (excludes halogenated alkanes) is 3. The zero-order valence-corrected chi connectivity index (χ0v) is 38.7. The van der Waals surface area contributed by atoms with Gasteiger partial charge in [0.2, 0.25) is 0 Å². The topological polar surface area (TPSA) is 114 Å². The molecule has 4 rings (SSSR count). The Morgan fingerprint density at radius 1 is 1.02 bits per heavy atom. The number of allylic oxidation sites excluding steroid dienone is 1. The van der Waals surface area contributed by atoms with E-state index in [2.05, 4.69) is 51.2 Å². The van der Waals surface area contributed by atoms with Gasteiger partial charge in [-0.25, -0.2) is 8.78 Å². The Labute approximate surface area is 363 Å². The SMILES string of the molecule is C=CC(C)=O.CCC(C)CCC(C(C)C)N(C)c1nc(OC)nc2c(F)c(-c3ccc(F)c4sc(N)c(C#N)c34)c(C(F)(F)F)cc12.CCCCCCC(C)CC(CC)OC. The molecule has 4 unspecified atom stereocenters. The zero-order valence-electron chi connectivity index (χ0n) is 37.9. The van der Waals surface area contributed by atoms with Gasteiger partial charge in [0.05, 0.1) is 29.0 Å². The van der Waals surface area contributed by atoms with Crippen LogP contribution in [0.3, 0.4) is 0 Å². The van der Waals surface area contributed by atoms with E-state index >= 15 is 4.39 Å². The molecule has 2 aromatic carbocycles. The maximum absolute atomic E-state index is 16.6. The van der Waals surface area contributed by atoms with Crippen LogP contribution in [-0.2, 0) is 15.7 Å². The van der Waals surface area contributed by atoms with Gasteiger partial charge in [-0.15, -0.1) is 11.3 Å². The van der Waals surface area contributed by atoms with Crippen molar-refractivity contribution in [3.63, 3.8) is 0 Å². The van der Waals surface area contributed by atoms with Crippen molar-refractivity contribution in [1.29, 1.82) is 5.26 Å². The fourth-order valence-corrected chi connectivity index (χ4v) is 8.20. The number of fused-ring (bicyclic) bond motifs is 2. The lowest BCUT2D eigenvalue weighted by Crippen LogP contribution is -2.37. The van der Waals surface area contributed by atoms with Crippen molar-refractivity contribution in [1.82, 2.24) is 9.97 Å². The van der Waals surface area contributed by atoms with Crippen LogP contribution in [0.4, 0.5) is 32.8 Å². The molecule has 8 nitrogen and oxygen atoms in total. The minimum Gasteiger partial charge on any atom is -0.467 e. The monoisotopic (exact) mass is 875 g/mol. The summed E-state index contributed by atoms with van der Waals surface area (Å²) in [4.78, 5) is 20.0. The summed E-state index contributed by atoms with van der Waals surface area (Å²) in [6.07, 6.45) is 8.66. The number of thiophene rings is 1. The number of ether oxygens (including phenoxy) is 2. The fraction of sp³-hybridized carbons (Fsp3) is 0.574.